The molecular formula is C11H11F3N4. The topological polar surface area (TPSA) is 56.7 Å². The van der Waals surface area contributed by atoms with Crippen molar-refractivity contribution in [2.45, 2.75) is 12.2 Å². The molecule has 2 aromatic rings. The second kappa shape index (κ2) is 4.77. The van der Waals surface area contributed by atoms with Crippen molar-refractivity contribution in [1.29, 1.82) is 0 Å². The number of hydrogen-bond acceptors (Lipinski definition) is 3. The van der Waals surface area contributed by atoms with Crippen LogP contribution in [0.25, 0.3) is 0 Å². The highest BCUT2D eigenvalue weighted by Gasteiger charge is 2.33. The van der Waals surface area contributed by atoms with E-state index in [1.54, 1.807) is 24.4 Å². The smallest absolute Gasteiger partial charge is 0.328 e. The third-order valence-corrected chi connectivity index (χ3v) is 2.50. The molecule has 0 aromatic carbocycles. The molecule has 18 heavy (non-hydrogen) atoms. The summed E-state index contributed by atoms with van der Waals surface area (Å²) in [6.07, 6.45) is -1.12. The lowest BCUT2D eigenvalue weighted by Gasteiger charge is -2.14. The molecule has 0 radical (unpaired) electrons. The second-order valence-corrected chi connectivity index (χ2v) is 3.71. The molecule has 7 heteroatoms. The number of nitrogens with zero attached hydrogens (tertiary/aromatic N) is 3. The molecule has 1 unspecified atom stereocenters. The Kier molecular flexibility index (Phi) is 3.33. The Morgan fingerprint density at radius 1 is 1.33 bits per heavy atom. The molecule has 0 amide bonds. The molecule has 0 saturated carbocycles. The molecule has 1 atom stereocenters. The van der Waals surface area contributed by atoms with Gasteiger partial charge < -0.3 is 5.73 Å². The van der Waals surface area contributed by atoms with E-state index in [0.717, 1.165) is 12.4 Å². The molecule has 0 aliphatic heterocycles. The fraction of sp³-hybridized carbons (Fsp3) is 0.273. The molecule has 2 rings (SSSR count). The van der Waals surface area contributed by atoms with Gasteiger partial charge in [0.05, 0.1) is 17.5 Å². The number of halogens is 3. The van der Waals surface area contributed by atoms with Gasteiger partial charge in [-0.3, -0.25) is 9.67 Å². The summed E-state index contributed by atoms with van der Waals surface area (Å²) >= 11 is 0. The lowest BCUT2D eigenvalue weighted by Crippen LogP contribution is -2.21. The van der Waals surface area contributed by atoms with Crippen LogP contribution in [-0.2, 0) is 6.18 Å². The maximum Gasteiger partial charge on any atom is 0.419 e. The quantitative estimate of drug-likeness (QED) is 0.911. The zero-order chi connectivity index (χ0) is 13.2. The van der Waals surface area contributed by atoms with Crippen LogP contribution >= 0.6 is 0 Å². The molecule has 0 aliphatic rings. The summed E-state index contributed by atoms with van der Waals surface area (Å²) in [7, 11) is 0. The normalized spacial score (nSPS) is 13.6. The average Bonchev–Trinajstić information content (AvgIpc) is 2.81. The van der Waals surface area contributed by atoms with E-state index in [1.807, 2.05) is 0 Å². The van der Waals surface area contributed by atoms with Crippen LogP contribution in [0.2, 0.25) is 0 Å². The van der Waals surface area contributed by atoms with Crippen molar-refractivity contribution in [2.24, 2.45) is 5.73 Å². The van der Waals surface area contributed by atoms with E-state index in [4.69, 9.17) is 5.73 Å². The van der Waals surface area contributed by atoms with Crippen LogP contribution in [-0.4, -0.2) is 21.3 Å². The Hall–Kier alpha value is -1.89. The summed E-state index contributed by atoms with van der Waals surface area (Å²) in [5, 5.41) is 3.71. The Labute approximate surface area is 101 Å². The Morgan fingerprint density at radius 2 is 2.11 bits per heavy atom. The van der Waals surface area contributed by atoms with Gasteiger partial charge in [-0.25, -0.2) is 0 Å². The molecule has 2 aromatic heterocycles. The molecule has 96 valence electrons. The SMILES string of the molecule is NCC(c1ccccn1)n1cc(C(F)(F)F)cn1. The highest BCUT2D eigenvalue weighted by atomic mass is 19.4. The number of alkyl halides is 3. The maximum atomic E-state index is 12.5. The van der Waals surface area contributed by atoms with Gasteiger partial charge in [0.2, 0.25) is 0 Å². The van der Waals surface area contributed by atoms with Gasteiger partial charge in [0, 0.05) is 18.9 Å². The fourth-order valence-electron chi connectivity index (χ4n) is 1.59. The average molecular weight is 256 g/mol. The summed E-state index contributed by atoms with van der Waals surface area (Å²) in [5.41, 5.74) is 5.36. The molecule has 2 N–H and O–H groups in total. The molecule has 2 heterocycles. The molecule has 0 saturated heterocycles. The van der Waals surface area contributed by atoms with Gasteiger partial charge in [-0.1, -0.05) is 6.07 Å². The molecular weight excluding hydrogens is 245 g/mol. The van der Waals surface area contributed by atoms with Gasteiger partial charge in [0.25, 0.3) is 0 Å². The predicted octanol–water partition coefficient (Wildman–Crippen LogP) is 1.85. The van der Waals surface area contributed by atoms with Crippen LogP contribution in [0.3, 0.4) is 0 Å². The first-order valence-electron chi connectivity index (χ1n) is 5.24. The minimum atomic E-state index is -4.40. The van der Waals surface area contributed by atoms with E-state index < -0.39 is 17.8 Å². The zero-order valence-corrected chi connectivity index (χ0v) is 9.30. The molecule has 0 aliphatic carbocycles. The van der Waals surface area contributed by atoms with Gasteiger partial charge in [0.15, 0.2) is 0 Å². The third kappa shape index (κ3) is 2.51. The lowest BCUT2D eigenvalue weighted by molar-refractivity contribution is -0.137. The molecule has 0 bridgehead atoms. The van der Waals surface area contributed by atoms with E-state index in [9.17, 15) is 13.2 Å². The number of hydrogen-bond donors (Lipinski definition) is 1. The van der Waals surface area contributed by atoms with E-state index in [0.29, 0.717) is 5.69 Å². The summed E-state index contributed by atoms with van der Waals surface area (Å²) in [6.45, 7) is 0.121. The van der Waals surface area contributed by atoms with Gasteiger partial charge in [-0.2, -0.15) is 18.3 Å². The van der Waals surface area contributed by atoms with Crippen LogP contribution in [0.5, 0.6) is 0 Å². The minimum Gasteiger partial charge on any atom is -0.328 e. The van der Waals surface area contributed by atoms with Crippen LogP contribution in [0.1, 0.15) is 17.3 Å². The van der Waals surface area contributed by atoms with E-state index in [2.05, 4.69) is 10.1 Å². The summed E-state index contributed by atoms with van der Waals surface area (Å²) in [6, 6.07) is 4.68. The molecule has 0 fully saturated rings. The van der Waals surface area contributed by atoms with Crippen LogP contribution < -0.4 is 5.73 Å². The largest absolute Gasteiger partial charge is 0.419 e. The van der Waals surface area contributed by atoms with Crippen molar-refractivity contribution in [1.82, 2.24) is 14.8 Å². The Balaban J connectivity index is 2.32. The second-order valence-electron chi connectivity index (χ2n) is 3.71. The Morgan fingerprint density at radius 3 is 2.61 bits per heavy atom. The van der Waals surface area contributed by atoms with Crippen LogP contribution in [0, 0.1) is 0 Å². The summed E-state index contributed by atoms with van der Waals surface area (Å²) < 4.78 is 38.6. The summed E-state index contributed by atoms with van der Waals surface area (Å²) in [4.78, 5) is 4.08. The standard InChI is InChI=1S/C11H11F3N4/c12-11(13,14)8-6-17-18(7-8)10(5-15)9-3-1-2-4-16-9/h1-4,6-7,10H,5,15H2. The first-order chi connectivity index (χ1) is 8.52. The van der Waals surface area contributed by atoms with Crippen molar-refractivity contribution < 1.29 is 13.2 Å². The third-order valence-electron chi connectivity index (χ3n) is 2.50. The van der Waals surface area contributed by atoms with Crippen molar-refractivity contribution in [3.8, 4) is 0 Å². The highest BCUT2D eigenvalue weighted by Crippen LogP contribution is 2.29. The number of aromatic nitrogens is 3. The van der Waals surface area contributed by atoms with Crippen LogP contribution in [0.4, 0.5) is 13.2 Å². The minimum absolute atomic E-state index is 0.121. The Bertz CT molecular complexity index is 507. The van der Waals surface area contributed by atoms with Crippen molar-refractivity contribution in [3.63, 3.8) is 0 Å². The van der Waals surface area contributed by atoms with Gasteiger partial charge >= 0.3 is 6.18 Å². The first kappa shape index (κ1) is 12.6. The highest BCUT2D eigenvalue weighted by molar-refractivity contribution is 5.14. The molecule has 0 spiro atoms. The van der Waals surface area contributed by atoms with E-state index in [-0.39, 0.29) is 6.54 Å². The van der Waals surface area contributed by atoms with Crippen molar-refractivity contribution in [3.05, 3.63) is 48.0 Å². The first-order valence-corrected chi connectivity index (χ1v) is 5.24. The van der Waals surface area contributed by atoms with E-state index >= 15 is 0 Å². The number of pyridine rings is 1. The lowest BCUT2D eigenvalue weighted by atomic mass is 10.2. The zero-order valence-electron chi connectivity index (χ0n) is 9.30. The van der Waals surface area contributed by atoms with Crippen molar-refractivity contribution in [2.75, 3.05) is 6.54 Å². The predicted molar refractivity (Wildman–Crippen MR) is 58.7 cm³/mol. The fourth-order valence-corrected chi connectivity index (χ4v) is 1.59. The number of rotatable bonds is 3. The molecule has 4 nitrogen and oxygen atoms in total. The van der Waals surface area contributed by atoms with Crippen molar-refractivity contribution >= 4 is 0 Å². The maximum absolute atomic E-state index is 12.5. The number of nitrogens with two attached hydrogens (primary N) is 1. The van der Waals surface area contributed by atoms with Gasteiger partial charge in [-0.15, -0.1) is 0 Å². The van der Waals surface area contributed by atoms with Gasteiger partial charge in [-0.05, 0) is 12.1 Å². The summed E-state index contributed by atoms with van der Waals surface area (Å²) in [5.74, 6) is 0. The monoisotopic (exact) mass is 256 g/mol. The van der Waals surface area contributed by atoms with E-state index in [1.165, 1.54) is 4.68 Å². The van der Waals surface area contributed by atoms with Crippen LogP contribution in [0.15, 0.2) is 36.8 Å². The van der Waals surface area contributed by atoms with Gasteiger partial charge in [0.1, 0.15) is 6.04 Å².